The van der Waals surface area contributed by atoms with Crippen LogP contribution in [0, 0.1) is 5.41 Å². The molecule has 0 spiro atoms. The molecule has 3 heterocycles. The molecule has 4 N–H and O–H groups in total. The van der Waals surface area contributed by atoms with E-state index in [0.29, 0.717) is 17.9 Å². The number of fused-ring (bicyclic) bond motifs is 1. The van der Waals surface area contributed by atoms with Crippen LogP contribution >= 0.6 is 0 Å². The van der Waals surface area contributed by atoms with Crippen molar-refractivity contribution in [1.29, 1.82) is 0 Å². The SMILES string of the molecule is CC(C)(C)C1CN(C(=O)c2cccc(CN3C(=O)C(c4ccccc4)(c4ccccc4)N=C3N)c2)Cc2nnc(C(N)=O)n21. The second-order valence-corrected chi connectivity index (χ2v) is 12.2. The Morgan fingerprint density at radius 2 is 1.57 bits per heavy atom. The van der Waals surface area contributed by atoms with Gasteiger partial charge in [0.05, 0.1) is 19.1 Å². The van der Waals surface area contributed by atoms with Gasteiger partial charge in [0, 0.05) is 12.1 Å². The molecule has 11 nitrogen and oxygen atoms in total. The summed E-state index contributed by atoms with van der Waals surface area (Å²) in [5.41, 5.74) is 13.0. The van der Waals surface area contributed by atoms with Crippen LogP contribution in [0.25, 0.3) is 0 Å². The summed E-state index contributed by atoms with van der Waals surface area (Å²) in [7, 11) is 0. The van der Waals surface area contributed by atoms with E-state index in [1.165, 1.54) is 4.90 Å². The maximum absolute atomic E-state index is 14.2. The quantitative estimate of drug-likeness (QED) is 0.352. The van der Waals surface area contributed by atoms with E-state index in [4.69, 9.17) is 16.5 Å². The number of guanidine groups is 1. The molecule has 1 atom stereocenters. The average molecular weight is 591 g/mol. The van der Waals surface area contributed by atoms with E-state index in [-0.39, 0.29) is 48.1 Å². The third-order valence-corrected chi connectivity index (χ3v) is 8.32. The van der Waals surface area contributed by atoms with Crippen LogP contribution in [0.5, 0.6) is 0 Å². The molecule has 3 aromatic carbocycles. The Bertz CT molecular complexity index is 1740. The summed E-state index contributed by atoms with van der Waals surface area (Å²) in [5, 5.41) is 8.19. The maximum atomic E-state index is 14.2. The minimum absolute atomic E-state index is 0.0886. The molecule has 44 heavy (non-hydrogen) atoms. The molecule has 3 amide bonds. The monoisotopic (exact) mass is 590 g/mol. The van der Waals surface area contributed by atoms with Gasteiger partial charge in [-0.25, -0.2) is 4.99 Å². The summed E-state index contributed by atoms with van der Waals surface area (Å²) in [6.07, 6.45) is 0. The first-order valence-corrected chi connectivity index (χ1v) is 14.4. The molecule has 2 aliphatic rings. The number of primary amides is 1. The van der Waals surface area contributed by atoms with Gasteiger partial charge < -0.3 is 16.4 Å². The molecule has 0 fully saturated rings. The first-order valence-electron chi connectivity index (χ1n) is 14.4. The van der Waals surface area contributed by atoms with Gasteiger partial charge in [-0.2, -0.15) is 0 Å². The fourth-order valence-corrected chi connectivity index (χ4v) is 6.07. The number of hydrogen-bond donors (Lipinski definition) is 2. The van der Waals surface area contributed by atoms with Crippen molar-refractivity contribution in [2.75, 3.05) is 6.54 Å². The first kappa shape index (κ1) is 28.8. The third kappa shape index (κ3) is 4.80. The smallest absolute Gasteiger partial charge is 0.286 e. The highest BCUT2D eigenvalue weighted by Crippen LogP contribution is 2.40. The maximum Gasteiger partial charge on any atom is 0.286 e. The molecule has 0 aliphatic carbocycles. The molecule has 11 heteroatoms. The van der Waals surface area contributed by atoms with Gasteiger partial charge in [-0.15, -0.1) is 10.2 Å². The summed E-state index contributed by atoms with van der Waals surface area (Å²) in [6, 6.07) is 25.7. The van der Waals surface area contributed by atoms with E-state index >= 15 is 0 Å². The van der Waals surface area contributed by atoms with Crippen molar-refractivity contribution < 1.29 is 14.4 Å². The number of aliphatic imine (C=N–C) groups is 1. The first-order chi connectivity index (χ1) is 21.0. The number of amides is 3. The van der Waals surface area contributed by atoms with Crippen molar-refractivity contribution in [2.24, 2.45) is 21.9 Å². The predicted octanol–water partition coefficient (Wildman–Crippen LogP) is 3.22. The Balaban J connectivity index is 1.28. The van der Waals surface area contributed by atoms with Crippen LogP contribution in [0.1, 0.15) is 70.3 Å². The Kier molecular flexibility index (Phi) is 7.03. The summed E-state index contributed by atoms with van der Waals surface area (Å²) < 4.78 is 1.76. The highest BCUT2D eigenvalue weighted by Gasteiger charge is 2.50. The van der Waals surface area contributed by atoms with E-state index in [1.807, 2.05) is 87.5 Å². The molecular formula is C33H34N8O3. The highest BCUT2D eigenvalue weighted by molar-refractivity contribution is 6.09. The number of benzene rings is 3. The second kappa shape index (κ2) is 10.7. The number of nitrogens with two attached hydrogens (primary N) is 2. The molecule has 0 saturated carbocycles. The van der Waals surface area contributed by atoms with Crippen LogP contribution in [-0.2, 0) is 23.4 Å². The van der Waals surface area contributed by atoms with Gasteiger partial charge >= 0.3 is 0 Å². The van der Waals surface area contributed by atoms with Crippen molar-refractivity contribution in [3.63, 3.8) is 0 Å². The molecule has 4 aromatic rings. The van der Waals surface area contributed by atoms with Crippen LogP contribution in [0.2, 0.25) is 0 Å². The fourth-order valence-electron chi connectivity index (χ4n) is 6.07. The minimum Gasteiger partial charge on any atom is -0.369 e. The second-order valence-electron chi connectivity index (χ2n) is 12.2. The molecule has 0 bridgehead atoms. The Hall–Kier alpha value is -5.32. The van der Waals surface area contributed by atoms with Crippen LogP contribution < -0.4 is 11.5 Å². The van der Waals surface area contributed by atoms with Gasteiger partial charge in [0.2, 0.25) is 5.82 Å². The lowest BCUT2D eigenvalue weighted by molar-refractivity contribution is -0.130. The van der Waals surface area contributed by atoms with Crippen LogP contribution in [0.4, 0.5) is 0 Å². The lowest BCUT2D eigenvalue weighted by Crippen LogP contribution is -2.46. The molecule has 6 rings (SSSR count). The summed E-state index contributed by atoms with van der Waals surface area (Å²) in [4.78, 5) is 48.1. The topological polar surface area (TPSA) is 153 Å². The number of hydrogen-bond acceptors (Lipinski definition) is 7. The zero-order chi connectivity index (χ0) is 31.2. The van der Waals surface area contributed by atoms with Crippen molar-refractivity contribution >= 4 is 23.7 Å². The van der Waals surface area contributed by atoms with Gasteiger partial charge in [0.1, 0.15) is 0 Å². The van der Waals surface area contributed by atoms with Gasteiger partial charge in [-0.3, -0.25) is 23.9 Å². The van der Waals surface area contributed by atoms with Crippen molar-refractivity contribution in [3.8, 4) is 0 Å². The van der Waals surface area contributed by atoms with E-state index < -0.39 is 11.4 Å². The van der Waals surface area contributed by atoms with Gasteiger partial charge in [-0.05, 0) is 34.2 Å². The Morgan fingerprint density at radius 1 is 0.932 bits per heavy atom. The largest absolute Gasteiger partial charge is 0.369 e. The lowest BCUT2D eigenvalue weighted by atomic mass is 9.83. The Morgan fingerprint density at radius 3 is 2.16 bits per heavy atom. The van der Waals surface area contributed by atoms with Gasteiger partial charge in [-0.1, -0.05) is 93.6 Å². The normalized spacial score (nSPS) is 17.8. The molecule has 2 aliphatic heterocycles. The molecule has 224 valence electrons. The van der Waals surface area contributed by atoms with E-state index in [2.05, 4.69) is 10.2 Å². The van der Waals surface area contributed by atoms with Crippen LogP contribution in [0.15, 0.2) is 89.9 Å². The van der Waals surface area contributed by atoms with Crippen molar-refractivity contribution in [3.05, 3.63) is 119 Å². The molecule has 0 saturated heterocycles. The zero-order valence-electron chi connectivity index (χ0n) is 24.8. The van der Waals surface area contributed by atoms with Crippen LogP contribution in [0.3, 0.4) is 0 Å². The van der Waals surface area contributed by atoms with Crippen molar-refractivity contribution in [2.45, 2.75) is 45.4 Å². The molecule has 0 radical (unpaired) electrons. The number of nitrogens with zero attached hydrogens (tertiary/aromatic N) is 6. The Labute approximate surface area is 255 Å². The average Bonchev–Trinajstić information content (AvgIpc) is 3.56. The summed E-state index contributed by atoms with van der Waals surface area (Å²) in [5.74, 6) is -0.433. The van der Waals surface area contributed by atoms with E-state index in [1.54, 1.807) is 27.7 Å². The van der Waals surface area contributed by atoms with Crippen molar-refractivity contribution in [1.82, 2.24) is 24.6 Å². The summed E-state index contributed by atoms with van der Waals surface area (Å²) >= 11 is 0. The number of carbonyl (C=O) groups is 3. The van der Waals surface area contributed by atoms with E-state index in [0.717, 1.165) is 16.7 Å². The third-order valence-electron chi connectivity index (χ3n) is 8.32. The van der Waals surface area contributed by atoms with Crippen LogP contribution in [-0.4, -0.2) is 54.8 Å². The van der Waals surface area contributed by atoms with Gasteiger partial charge in [0.25, 0.3) is 17.7 Å². The lowest BCUT2D eigenvalue weighted by Gasteiger charge is -2.40. The fraction of sp³-hybridized carbons (Fsp3) is 0.273. The minimum atomic E-state index is -1.31. The van der Waals surface area contributed by atoms with Gasteiger partial charge in [0.15, 0.2) is 17.3 Å². The number of rotatable bonds is 6. The van der Waals surface area contributed by atoms with E-state index in [9.17, 15) is 14.4 Å². The zero-order valence-corrected chi connectivity index (χ0v) is 24.8. The number of aromatic nitrogens is 3. The number of carbonyl (C=O) groups excluding carboxylic acids is 3. The molecular weight excluding hydrogens is 556 g/mol. The summed E-state index contributed by atoms with van der Waals surface area (Å²) in [6.45, 7) is 6.76. The highest BCUT2D eigenvalue weighted by atomic mass is 16.2. The molecule has 1 unspecified atom stereocenters. The standard InChI is InChI=1S/C33H34N8O3/c1-32(2,3)25-19-39(20-26-37-38-28(27(34)42)41(25)26)29(43)22-12-10-11-21(17-22)18-40-30(44)33(36-31(40)35,23-13-6-4-7-14-23)24-15-8-5-9-16-24/h4-17,25H,18-20H2,1-3H3,(H2,34,42)(H2,35,36). The predicted molar refractivity (Wildman–Crippen MR) is 164 cm³/mol. The molecule has 1 aromatic heterocycles.